The van der Waals surface area contributed by atoms with E-state index in [1.54, 1.807) is 0 Å². The highest BCUT2D eigenvalue weighted by Crippen LogP contribution is 2.25. The summed E-state index contributed by atoms with van der Waals surface area (Å²) in [7, 11) is 0. The number of quaternary nitrogens is 1. The first-order valence-electron chi connectivity index (χ1n) is 7.10. The standard InChI is InChI=1S/C14H20N2O5.CH3Cl/c1-2-3-9(15)13(19)16-10(14(20)21)6-8-4-5-11(17)12(18)7-8;1-2/h4-5,7,9-10,17-18H,2-3,6,15H2,1H3,(H,16,19)(H,20,21);1H3/p+1/t9-,10?;/m0./s1. The highest BCUT2D eigenvalue weighted by atomic mass is 35.5. The van der Waals surface area contributed by atoms with Gasteiger partial charge in [-0.25, -0.2) is 4.79 Å². The van der Waals surface area contributed by atoms with Crippen LogP contribution in [0.25, 0.3) is 0 Å². The Morgan fingerprint density at radius 1 is 1.26 bits per heavy atom. The lowest BCUT2D eigenvalue weighted by molar-refractivity contribution is -0.405. The zero-order chi connectivity index (χ0) is 18.0. The van der Waals surface area contributed by atoms with Crippen LogP contribution in [0.1, 0.15) is 25.3 Å². The van der Waals surface area contributed by atoms with Gasteiger partial charge in [-0.15, -0.1) is 11.6 Å². The third kappa shape index (κ3) is 7.21. The predicted octanol–water partition coefficient (Wildman–Crippen LogP) is 0.475. The molecule has 130 valence electrons. The third-order valence-electron chi connectivity index (χ3n) is 3.10. The smallest absolute Gasteiger partial charge is 0.326 e. The molecule has 1 rings (SSSR count). The number of nitrogens with one attached hydrogen (secondary N) is 1. The number of halogens is 1. The summed E-state index contributed by atoms with van der Waals surface area (Å²) < 4.78 is 0. The van der Waals surface area contributed by atoms with Gasteiger partial charge >= 0.3 is 5.97 Å². The van der Waals surface area contributed by atoms with Crippen molar-refractivity contribution in [2.24, 2.45) is 0 Å². The van der Waals surface area contributed by atoms with Gasteiger partial charge in [-0.2, -0.15) is 0 Å². The van der Waals surface area contributed by atoms with Crippen LogP contribution in [-0.2, 0) is 16.0 Å². The first-order valence-corrected chi connectivity index (χ1v) is 7.85. The maximum Gasteiger partial charge on any atom is 0.326 e. The average molecular weight is 348 g/mol. The highest BCUT2D eigenvalue weighted by molar-refractivity contribution is 6.15. The van der Waals surface area contributed by atoms with E-state index in [4.69, 9.17) is 0 Å². The molecule has 0 aliphatic heterocycles. The van der Waals surface area contributed by atoms with Crippen LogP contribution in [0, 0.1) is 0 Å². The number of benzene rings is 1. The van der Waals surface area contributed by atoms with Crippen LogP contribution in [0.2, 0.25) is 0 Å². The second kappa shape index (κ2) is 10.7. The van der Waals surface area contributed by atoms with Crippen molar-refractivity contribution in [2.75, 3.05) is 6.38 Å². The summed E-state index contributed by atoms with van der Waals surface area (Å²) in [4.78, 5) is 23.1. The topological polar surface area (TPSA) is 134 Å². The molecule has 0 aliphatic carbocycles. The van der Waals surface area contributed by atoms with E-state index in [0.717, 1.165) is 6.42 Å². The van der Waals surface area contributed by atoms with Crippen molar-refractivity contribution in [1.29, 1.82) is 0 Å². The molecule has 1 aromatic rings. The lowest BCUT2D eigenvalue weighted by Crippen LogP contribution is -2.68. The Balaban J connectivity index is 0.00000232. The molecule has 23 heavy (non-hydrogen) atoms. The van der Waals surface area contributed by atoms with Crippen molar-refractivity contribution >= 4 is 23.5 Å². The number of rotatable bonds is 7. The first kappa shape index (κ1) is 21.0. The molecule has 1 amide bonds. The van der Waals surface area contributed by atoms with E-state index in [0.29, 0.717) is 12.0 Å². The fraction of sp³-hybridized carbons (Fsp3) is 0.467. The van der Waals surface area contributed by atoms with Gasteiger partial charge < -0.3 is 26.4 Å². The summed E-state index contributed by atoms with van der Waals surface area (Å²) >= 11 is 4.64. The number of carbonyl (C=O) groups excluding carboxylic acids is 1. The molecule has 0 saturated carbocycles. The molecule has 7 nitrogen and oxygen atoms in total. The fourth-order valence-corrected chi connectivity index (χ4v) is 1.90. The SMILES string of the molecule is CCC[C@H]([NH3+])C(=O)NC(Cc1ccc(O)c(O)c1)C(=O)O.CCl. The van der Waals surface area contributed by atoms with E-state index in [1.165, 1.54) is 24.6 Å². The number of phenolic OH excluding ortho intramolecular Hbond substituents is 2. The molecule has 0 heterocycles. The number of aliphatic carboxylic acids is 1. The van der Waals surface area contributed by atoms with E-state index < -0.39 is 24.0 Å². The Bertz CT molecular complexity index is 525. The maximum absolute atomic E-state index is 11.8. The molecule has 2 atom stereocenters. The van der Waals surface area contributed by atoms with Crippen molar-refractivity contribution in [3.05, 3.63) is 23.8 Å². The number of carboxylic acids is 1. The van der Waals surface area contributed by atoms with Crippen LogP contribution in [0.15, 0.2) is 18.2 Å². The summed E-state index contributed by atoms with van der Waals surface area (Å²) in [6.07, 6.45) is 2.84. The van der Waals surface area contributed by atoms with Crippen molar-refractivity contribution in [3.63, 3.8) is 0 Å². The number of hydrogen-bond donors (Lipinski definition) is 5. The number of carboxylic acid groups (broad SMARTS) is 1. The van der Waals surface area contributed by atoms with E-state index in [-0.39, 0.29) is 17.9 Å². The van der Waals surface area contributed by atoms with Gasteiger partial charge in [0.25, 0.3) is 5.91 Å². The summed E-state index contributed by atoms with van der Waals surface area (Å²) in [5.74, 6) is -2.19. The molecule has 0 radical (unpaired) electrons. The first-order chi connectivity index (χ1) is 10.8. The Hall–Kier alpha value is -1.99. The molecule has 7 N–H and O–H groups in total. The minimum absolute atomic E-state index is 0.00770. The molecular formula is C15H24ClN2O5+. The number of aromatic hydroxyl groups is 2. The Kier molecular flexibility index (Phi) is 9.76. The summed E-state index contributed by atoms with van der Waals surface area (Å²) in [6.45, 7) is 1.92. The van der Waals surface area contributed by atoms with Crippen LogP contribution in [-0.4, -0.2) is 45.7 Å². The van der Waals surface area contributed by atoms with Gasteiger partial charge in [-0.3, -0.25) is 4.79 Å². The summed E-state index contributed by atoms with van der Waals surface area (Å²) in [5, 5.41) is 30.2. The van der Waals surface area contributed by atoms with Crippen LogP contribution in [0.3, 0.4) is 0 Å². The van der Waals surface area contributed by atoms with E-state index in [2.05, 4.69) is 22.7 Å². The minimum atomic E-state index is -1.17. The second-order valence-electron chi connectivity index (χ2n) is 4.91. The maximum atomic E-state index is 11.8. The molecular weight excluding hydrogens is 324 g/mol. The number of carbonyl (C=O) groups is 2. The molecule has 0 bridgehead atoms. The number of amides is 1. The van der Waals surface area contributed by atoms with Crippen molar-refractivity contribution < 1.29 is 30.6 Å². The summed E-state index contributed by atoms with van der Waals surface area (Å²) in [6, 6.07) is 2.43. The normalized spacial score (nSPS) is 12.5. The van der Waals surface area contributed by atoms with E-state index >= 15 is 0 Å². The van der Waals surface area contributed by atoms with Gasteiger partial charge in [0.05, 0.1) is 0 Å². The Morgan fingerprint density at radius 2 is 1.87 bits per heavy atom. The molecule has 0 aliphatic rings. The van der Waals surface area contributed by atoms with E-state index in [9.17, 15) is 24.9 Å². The predicted molar refractivity (Wildman–Crippen MR) is 86.4 cm³/mol. The molecule has 1 unspecified atom stereocenters. The van der Waals surface area contributed by atoms with Gasteiger partial charge in [-0.1, -0.05) is 13.0 Å². The second-order valence-corrected chi connectivity index (χ2v) is 4.91. The van der Waals surface area contributed by atoms with Crippen molar-refractivity contribution in [3.8, 4) is 11.5 Å². The van der Waals surface area contributed by atoms with E-state index in [1.807, 2.05) is 6.92 Å². The van der Waals surface area contributed by atoms with Gasteiger partial charge in [0.2, 0.25) is 0 Å². The van der Waals surface area contributed by atoms with Gasteiger partial charge in [0.1, 0.15) is 6.04 Å². The Morgan fingerprint density at radius 3 is 2.35 bits per heavy atom. The molecule has 0 saturated heterocycles. The molecule has 1 aromatic carbocycles. The fourth-order valence-electron chi connectivity index (χ4n) is 1.90. The zero-order valence-corrected chi connectivity index (χ0v) is 14.0. The minimum Gasteiger partial charge on any atom is -0.504 e. The van der Waals surface area contributed by atoms with Crippen molar-refractivity contribution in [2.45, 2.75) is 38.3 Å². The summed E-state index contributed by atoms with van der Waals surface area (Å²) in [5.41, 5.74) is 4.19. The highest BCUT2D eigenvalue weighted by Gasteiger charge is 2.25. The zero-order valence-electron chi connectivity index (χ0n) is 13.3. The van der Waals surface area contributed by atoms with Crippen LogP contribution < -0.4 is 11.1 Å². The number of alkyl halides is 1. The lowest BCUT2D eigenvalue weighted by atomic mass is 10.0. The van der Waals surface area contributed by atoms with Gasteiger partial charge in [0.15, 0.2) is 17.5 Å². The molecule has 0 spiro atoms. The molecule has 8 heteroatoms. The third-order valence-corrected chi connectivity index (χ3v) is 3.10. The quantitative estimate of drug-likeness (QED) is 0.361. The van der Waals surface area contributed by atoms with Gasteiger partial charge in [-0.05, 0) is 24.1 Å². The Labute approximate surface area is 140 Å². The average Bonchev–Trinajstić information content (AvgIpc) is 2.52. The van der Waals surface area contributed by atoms with Crippen LogP contribution in [0.5, 0.6) is 11.5 Å². The monoisotopic (exact) mass is 347 g/mol. The molecule has 0 aromatic heterocycles. The van der Waals surface area contributed by atoms with Crippen molar-refractivity contribution in [1.82, 2.24) is 5.32 Å². The van der Waals surface area contributed by atoms with Crippen LogP contribution >= 0.6 is 11.6 Å². The number of phenols is 2. The lowest BCUT2D eigenvalue weighted by Gasteiger charge is -2.16. The van der Waals surface area contributed by atoms with Gasteiger partial charge in [0, 0.05) is 19.2 Å². The largest absolute Gasteiger partial charge is 0.504 e. The number of hydrogen-bond acceptors (Lipinski definition) is 4. The van der Waals surface area contributed by atoms with Crippen LogP contribution in [0.4, 0.5) is 0 Å². The molecule has 0 fully saturated rings.